The van der Waals surface area contributed by atoms with Gasteiger partial charge >= 0.3 is 5.97 Å². The fraction of sp³-hybridized carbons (Fsp3) is 0.400. The molecule has 0 amide bonds. The van der Waals surface area contributed by atoms with Crippen molar-refractivity contribution in [3.8, 4) is 0 Å². The minimum absolute atomic E-state index is 0.110. The Morgan fingerprint density at radius 1 is 1.33 bits per heavy atom. The quantitative estimate of drug-likeness (QED) is 0.839. The molecule has 0 bridgehead atoms. The van der Waals surface area contributed by atoms with E-state index in [0.717, 1.165) is 5.56 Å². The lowest BCUT2D eigenvalue weighted by atomic mass is 10.1. The van der Waals surface area contributed by atoms with Gasteiger partial charge in [-0.3, -0.25) is 4.79 Å². The second-order valence-electron chi connectivity index (χ2n) is 5.30. The number of aliphatic carboxylic acids is 1. The van der Waals surface area contributed by atoms with E-state index < -0.39 is 5.97 Å². The van der Waals surface area contributed by atoms with Gasteiger partial charge in [-0.1, -0.05) is 38.1 Å². The molecule has 0 spiro atoms. The van der Waals surface area contributed by atoms with E-state index in [2.05, 4.69) is 30.5 Å². The molecule has 0 saturated heterocycles. The topological polar surface area (TPSA) is 37.3 Å². The molecule has 2 atom stereocenters. The zero-order valence-electron chi connectivity index (χ0n) is 10.9. The van der Waals surface area contributed by atoms with Crippen LogP contribution < -0.4 is 0 Å². The van der Waals surface area contributed by atoms with Crippen LogP contribution in [0.25, 0.3) is 6.08 Å². The number of thioether (sulfide) groups is 1. The highest BCUT2D eigenvalue weighted by Gasteiger charge is 2.60. The van der Waals surface area contributed by atoms with Crippen molar-refractivity contribution in [2.45, 2.75) is 18.7 Å². The van der Waals surface area contributed by atoms with E-state index >= 15 is 0 Å². The van der Waals surface area contributed by atoms with E-state index in [9.17, 15) is 4.79 Å². The number of rotatable bonds is 4. The Balaban J connectivity index is 2.06. The molecular weight excluding hydrogens is 244 g/mol. The van der Waals surface area contributed by atoms with Gasteiger partial charge in [0, 0.05) is 4.90 Å². The van der Waals surface area contributed by atoms with E-state index in [1.807, 2.05) is 26.0 Å². The van der Waals surface area contributed by atoms with Gasteiger partial charge in [0.05, 0.1) is 5.92 Å². The highest BCUT2D eigenvalue weighted by Crippen LogP contribution is 2.59. The van der Waals surface area contributed by atoms with Crippen LogP contribution in [-0.2, 0) is 4.79 Å². The van der Waals surface area contributed by atoms with E-state index in [0.29, 0.717) is 0 Å². The Labute approximate surface area is 112 Å². The number of carboxylic acid groups (broad SMARTS) is 1. The molecule has 1 aromatic carbocycles. The normalized spacial score (nSPS) is 25.3. The van der Waals surface area contributed by atoms with Crippen LogP contribution in [0.2, 0.25) is 0 Å². The molecule has 1 aliphatic rings. The number of carboxylic acids is 1. The van der Waals surface area contributed by atoms with E-state index in [4.69, 9.17) is 5.11 Å². The van der Waals surface area contributed by atoms with E-state index in [-0.39, 0.29) is 17.3 Å². The second-order valence-corrected chi connectivity index (χ2v) is 6.17. The van der Waals surface area contributed by atoms with Gasteiger partial charge in [0.1, 0.15) is 0 Å². The summed E-state index contributed by atoms with van der Waals surface area (Å²) >= 11 is 1.72. The molecule has 0 aromatic heterocycles. The fourth-order valence-corrected chi connectivity index (χ4v) is 2.85. The Morgan fingerprint density at radius 3 is 2.39 bits per heavy atom. The third-order valence-corrected chi connectivity index (χ3v) is 4.53. The van der Waals surface area contributed by atoms with Crippen LogP contribution in [0.1, 0.15) is 19.4 Å². The van der Waals surface area contributed by atoms with Gasteiger partial charge in [0.2, 0.25) is 0 Å². The third kappa shape index (κ3) is 2.46. The molecule has 18 heavy (non-hydrogen) atoms. The molecule has 2 unspecified atom stereocenters. The predicted octanol–water partition coefficient (Wildman–Crippen LogP) is 3.78. The number of carbonyl (C=O) groups is 1. The summed E-state index contributed by atoms with van der Waals surface area (Å²) in [6.45, 7) is 4.02. The van der Waals surface area contributed by atoms with Crippen molar-refractivity contribution >= 4 is 23.8 Å². The maximum absolute atomic E-state index is 11.0. The largest absolute Gasteiger partial charge is 0.481 e. The summed E-state index contributed by atoms with van der Waals surface area (Å²) in [5.41, 5.74) is 1.02. The zero-order chi connectivity index (χ0) is 13.3. The SMILES string of the molecule is CSc1ccc(/C=C/C2C(C(=O)O)C2(C)C)cc1. The minimum atomic E-state index is -0.688. The second kappa shape index (κ2) is 4.81. The molecule has 1 fully saturated rings. The maximum atomic E-state index is 11.0. The van der Waals surface area contributed by atoms with Gasteiger partial charge in [0.15, 0.2) is 0 Å². The van der Waals surface area contributed by atoms with Gasteiger partial charge in [0.25, 0.3) is 0 Å². The molecule has 0 radical (unpaired) electrons. The smallest absolute Gasteiger partial charge is 0.307 e. The number of allylic oxidation sites excluding steroid dienone is 1. The van der Waals surface area contributed by atoms with Crippen LogP contribution in [-0.4, -0.2) is 17.3 Å². The van der Waals surface area contributed by atoms with Gasteiger partial charge in [-0.15, -0.1) is 11.8 Å². The summed E-state index contributed by atoms with van der Waals surface area (Å²) in [5, 5.41) is 9.09. The lowest BCUT2D eigenvalue weighted by Gasteiger charge is -1.98. The van der Waals surface area contributed by atoms with E-state index in [1.54, 1.807) is 11.8 Å². The van der Waals surface area contributed by atoms with Crippen molar-refractivity contribution in [3.05, 3.63) is 35.9 Å². The Kier molecular flexibility index (Phi) is 3.53. The highest BCUT2D eigenvalue weighted by atomic mass is 32.2. The molecule has 1 aromatic rings. The summed E-state index contributed by atoms with van der Waals surface area (Å²) in [6.07, 6.45) is 6.11. The van der Waals surface area contributed by atoms with Gasteiger partial charge in [-0.25, -0.2) is 0 Å². The Hall–Kier alpha value is -1.22. The summed E-state index contributed by atoms with van der Waals surface area (Å²) in [6, 6.07) is 8.29. The van der Waals surface area contributed by atoms with Crippen LogP contribution in [0.4, 0.5) is 0 Å². The third-order valence-electron chi connectivity index (χ3n) is 3.79. The molecule has 1 saturated carbocycles. The van der Waals surface area contributed by atoms with Crippen molar-refractivity contribution in [2.24, 2.45) is 17.3 Å². The summed E-state index contributed by atoms with van der Waals surface area (Å²) in [5.74, 6) is -0.776. The van der Waals surface area contributed by atoms with Crippen LogP contribution in [0.5, 0.6) is 0 Å². The van der Waals surface area contributed by atoms with Crippen molar-refractivity contribution in [1.29, 1.82) is 0 Å². The van der Waals surface area contributed by atoms with Gasteiger partial charge in [-0.05, 0) is 35.3 Å². The summed E-state index contributed by atoms with van der Waals surface area (Å²) < 4.78 is 0. The molecule has 0 aliphatic heterocycles. The number of hydrogen-bond donors (Lipinski definition) is 1. The Bertz CT molecular complexity index is 474. The highest BCUT2D eigenvalue weighted by molar-refractivity contribution is 7.98. The van der Waals surface area contributed by atoms with Gasteiger partial charge in [-0.2, -0.15) is 0 Å². The van der Waals surface area contributed by atoms with Crippen molar-refractivity contribution < 1.29 is 9.90 Å². The molecule has 0 heterocycles. The molecule has 1 N–H and O–H groups in total. The lowest BCUT2D eigenvalue weighted by molar-refractivity contribution is -0.139. The van der Waals surface area contributed by atoms with Crippen LogP contribution in [0, 0.1) is 17.3 Å². The van der Waals surface area contributed by atoms with E-state index in [1.165, 1.54) is 4.90 Å². The molecule has 1 aliphatic carbocycles. The molecule has 3 heteroatoms. The predicted molar refractivity (Wildman–Crippen MR) is 75.7 cm³/mol. The first-order valence-electron chi connectivity index (χ1n) is 6.02. The van der Waals surface area contributed by atoms with Gasteiger partial charge < -0.3 is 5.11 Å². The van der Waals surface area contributed by atoms with Crippen LogP contribution >= 0.6 is 11.8 Å². The lowest BCUT2D eigenvalue weighted by Crippen LogP contribution is -2.02. The molecule has 2 rings (SSSR count). The minimum Gasteiger partial charge on any atom is -0.481 e. The van der Waals surface area contributed by atoms with Crippen LogP contribution in [0.15, 0.2) is 35.2 Å². The van der Waals surface area contributed by atoms with Crippen LogP contribution in [0.3, 0.4) is 0 Å². The molecule has 96 valence electrons. The zero-order valence-corrected chi connectivity index (χ0v) is 11.7. The first-order valence-corrected chi connectivity index (χ1v) is 7.24. The van der Waals surface area contributed by atoms with Crippen molar-refractivity contribution in [2.75, 3.05) is 6.26 Å². The molecule has 2 nitrogen and oxygen atoms in total. The fourth-order valence-electron chi connectivity index (χ4n) is 2.44. The van der Waals surface area contributed by atoms with Crippen molar-refractivity contribution in [1.82, 2.24) is 0 Å². The number of hydrogen-bond acceptors (Lipinski definition) is 2. The average Bonchev–Trinajstić information content (AvgIpc) is 2.89. The first kappa shape index (κ1) is 13.2. The monoisotopic (exact) mass is 262 g/mol. The first-order chi connectivity index (χ1) is 8.46. The molecular formula is C15H18O2S. The summed E-state index contributed by atoms with van der Waals surface area (Å²) in [4.78, 5) is 12.3. The average molecular weight is 262 g/mol. The standard InChI is InChI=1S/C15H18O2S/c1-15(2)12(13(15)14(16)17)9-6-10-4-7-11(18-3)8-5-10/h4-9,12-13H,1-3H3,(H,16,17)/b9-6+. The Morgan fingerprint density at radius 2 is 1.94 bits per heavy atom. The number of benzene rings is 1. The van der Waals surface area contributed by atoms with Crippen molar-refractivity contribution in [3.63, 3.8) is 0 Å². The maximum Gasteiger partial charge on any atom is 0.307 e. The summed E-state index contributed by atoms with van der Waals surface area (Å²) in [7, 11) is 0.